The summed E-state index contributed by atoms with van der Waals surface area (Å²) in [6.45, 7) is 14.3. The van der Waals surface area contributed by atoms with Crippen molar-refractivity contribution in [2.75, 3.05) is 55.2 Å². The normalized spacial score (nSPS) is 20.9. The van der Waals surface area contributed by atoms with E-state index in [0.29, 0.717) is 30.4 Å². The Balaban J connectivity index is 1.50. The molecule has 2 amide bonds. The first-order chi connectivity index (χ1) is 17.3. The Morgan fingerprint density at radius 3 is 2.53 bits per heavy atom. The van der Waals surface area contributed by atoms with Crippen LogP contribution < -0.4 is 16.0 Å². The molecule has 2 aliphatic rings. The number of carbonyl (C=O) groups excluding carboxylic acids is 2. The lowest BCUT2D eigenvalue weighted by Crippen LogP contribution is -2.47. The maximum Gasteiger partial charge on any atom is 0.313 e. The summed E-state index contributed by atoms with van der Waals surface area (Å²) in [5.41, 5.74) is 10.8. The minimum Gasteiger partial charge on any atom is -0.383 e. The van der Waals surface area contributed by atoms with E-state index in [1.54, 1.807) is 11.0 Å². The average molecular weight is 493 g/mol. The lowest BCUT2D eigenvalue weighted by atomic mass is 9.89. The molecule has 4 rings (SSSR count). The number of aromatic nitrogens is 1. The van der Waals surface area contributed by atoms with Crippen molar-refractivity contribution in [2.45, 2.75) is 53.0 Å². The van der Waals surface area contributed by atoms with Gasteiger partial charge in [-0.3, -0.25) is 9.59 Å². The molecule has 36 heavy (non-hydrogen) atoms. The number of hydrogen-bond donors (Lipinski definition) is 2. The zero-order valence-corrected chi connectivity index (χ0v) is 22.1. The largest absolute Gasteiger partial charge is 0.383 e. The predicted octanol–water partition coefficient (Wildman–Crippen LogP) is 3.61. The zero-order chi connectivity index (χ0) is 25.8. The molecule has 1 aromatic carbocycles. The standard InChI is InChI=1S/C28H40N6O2/c1-5-21-16-23(17-30-26(21)29)31-27(35)28(36)34-18-19(3)7-9-25(34)22-8-10-24(20(4)15-22)33-13-11-32(6-2)12-14-33/h8,10,15-17,19,25H,5-7,9,11-14,18H2,1-4H3,(H2,29,30)(H,31,35). The lowest BCUT2D eigenvalue weighted by molar-refractivity contribution is -0.146. The molecule has 0 radical (unpaired) electrons. The second kappa shape index (κ2) is 11.3. The molecular formula is C28H40N6O2. The Hall–Kier alpha value is -3.13. The first kappa shape index (κ1) is 25.9. The van der Waals surface area contributed by atoms with Gasteiger partial charge in [0.15, 0.2) is 0 Å². The van der Waals surface area contributed by atoms with E-state index in [-0.39, 0.29) is 6.04 Å². The molecule has 2 aromatic rings. The highest BCUT2D eigenvalue weighted by atomic mass is 16.2. The van der Waals surface area contributed by atoms with Gasteiger partial charge in [-0.25, -0.2) is 4.98 Å². The van der Waals surface area contributed by atoms with Gasteiger partial charge in [0.2, 0.25) is 0 Å². The molecule has 2 saturated heterocycles. The van der Waals surface area contributed by atoms with Gasteiger partial charge in [0.25, 0.3) is 0 Å². The van der Waals surface area contributed by atoms with E-state index in [4.69, 9.17) is 5.73 Å². The number of carbonyl (C=O) groups is 2. The highest BCUT2D eigenvalue weighted by Gasteiger charge is 2.34. The fraction of sp³-hybridized carbons (Fsp3) is 0.536. The number of hydrogen-bond acceptors (Lipinski definition) is 6. The molecule has 3 heterocycles. The van der Waals surface area contributed by atoms with Gasteiger partial charge in [-0.15, -0.1) is 0 Å². The number of anilines is 3. The minimum atomic E-state index is -0.634. The number of nitrogens with one attached hydrogen (secondary N) is 1. The van der Waals surface area contributed by atoms with Gasteiger partial charge in [0.1, 0.15) is 5.82 Å². The van der Waals surface area contributed by atoms with Crippen LogP contribution in [-0.4, -0.2) is 65.9 Å². The van der Waals surface area contributed by atoms with Crippen LogP contribution in [0.5, 0.6) is 0 Å². The van der Waals surface area contributed by atoms with Crippen LogP contribution in [-0.2, 0) is 16.0 Å². The van der Waals surface area contributed by atoms with Gasteiger partial charge in [-0.1, -0.05) is 32.9 Å². The van der Waals surface area contributed by atoms with E-state index in [0.717, 1.165) is 56.7 Å². The van der Waals surface area contributed by atoms with E-state index in [1.807, 2.05) is 6.92 Å². The van der Waals surface area contributed by atoms with Gasteiger partial charge in [0, 0.05) is 38.4 Å². The molecule has 2 unspecified atom stereocenters. The Kier molecular flexibility index (Phi) is 8.14. The molecule has 0 bridgehead atoms. The van der Waals surface area contributed by atoms with Crippen molar-refractivity contribution in [2.24, 2.45) is 5.92 Å². The summed E-state index contributed by atoms with van der Waals surface area (Å²) < 4.78 is 0. The maximum absolute atomic E-state index is 13.4. The first-order valence-electron chi connectivity index (χ1n) is 13.2. The van der Waals surface area contributed by atoms with E-state index in [1.165, 1.54) is 17.4 Å². The molecule has 8 nitrogen and oxygen atoms in total. The van der Waals surface area contributed by atoms with Crippen molar-refractivity contribution in [3.8, 4) is 0 Å². The highest BCUT2D eigenvalue weighted by molar-refractivity contribution is 6.39. The van der Waals surface area contributed by atoms with Crippen LogP contribution in [0.1, 0.15) is 56.3 Å². The Morgan fingerprint density at radius 1 is 1.11 bits per heavy atom. The molecule has 8 heteroatoms. The van der Waals surface area contributed by atoms with Crippen molar-refractivity contribution in [1.82, 2.24) is 14.8 Å². The van der Waals surface area contributed by atoms with Crippen LogP contribution in [0.4, 0.5) is 17.2 Å². The third kappa shape index (κ3) is 5.64. The number of nitrogens with two attached hydrogens (primary N) is 1. The number of benzene rings is 1. The average Bonchev–Trinajstić information content (AvgIpc) is 2.89. The number of amides is 2. The third-order valence-electron chi connectivity index (χ3n) is 7.68. The van der Waals surface area contributed by atoms with Gasteiger partial charge in [-0.05, 0) is 67.5 Å². The van der Waals surface area contributed by atoms with E-state index < -0.39 is 11.8 Å². The van der Waals surface area contributed by atoms with Gasteiger partial charge in [-0.2, -0.15) is 0 Å². The van der Waals surface area contributed by atoms with Crippen molar-refractivity contribution in [3.05, 3.63) is 47.2 Å². The van der Waals surface area contributed by atoms with Crippen molar-refractivity contribution in [3.63, 3.8) is 0 Å². The second-order valence-electron chi connectivity index (χ2n) is 10.2. The minimum absolute atomic E-state index is 0.111. The number of likely N-dealkylation sites (tertiary alicyclic amines) is 1. The summed E-state index contributed by atoms with van der Waals surface area (Å²) >= 11 is 0. The predicted molar refractivity (Wildman–Crippen MR) is 145 cm³/mol. The quantitative estimate of drug-likeness (QED) is 0.619. The van der Waals surface area contributed by atoms with Crippen LogP contribution in [0.2, 0.25) is 0 Å². The molecule has 1 aromatic heterocycles. The van der Waals surface area contributed by atoms with Gasteiger partial charge < -0.3 is 25.8 Å². The number of nitrogens with zero attached hydrogens (tertiary/aromatic N) is 4. The van der Waals surface area contributed by atoms with Crippen molar-refractivity contribution in [1.29, 1.82) is 0 Å². The summed E-state index contributed by atoms with van der Waals surface area (Å²) in [5.74, 6) is -0.348. The third-order valence-corrected chi connectivity index (χ3v) is 7.68. The van der Waals surface area contributed by atoms with Crippen LogP contribution in [0.25, 0.3) is 0 Å². The van der Waals surface area contributed by atoms with Gasteiger partial charge in [0.05, 0.1) is 17.9 Å². The molecule has 2 fully saturated rings. The number of likely N-dealkylation sites (N-methyl/N-ethyl adjacent to an activating group) is 1. The monoisotopic (exact) mass is 492 g/mol. The fourth-order valence-electron chi connectivity index (χ4n) is 5.46. The molecule has 2 aliphatic heterocycles. The summed E-state index contributed by atoms with van der Waals surface area (Å²) in [5, 5.41) is 2.74. The molecule has 0 aliphatic carbocycles. The SMILES string of the molecule is CCc1cc(NC(=O)C(=O)N2CC(C)CCC2c2ccc(N3CCN(CC)CC3)c(C)c2)cnc1N. The smallest absolute Gasteiger partial charge is 0.313 e. The summed E-state index contributed by atoms with van der Waals surface area (Å²) in [4.78, 5) is 37.2. The molecular weight excluding hydrogens is 452 g/mol. The van der Waals surface area contributed by atoms with E-state index in [9.17, 15) is 9.59 Å². The maximum atomic E-state index is 13.4. The summed E-state index contributed by atoms with van der Waals surface area (Å²) in [7, 11) is 0. The van der Waals surface area contributed by atoms with Crippen molar-refractivity contribution >= 4 is 29.0 Å². The topological polar surface area (TPSA) is 94.8 Å². The van der Waals surface area contributed by atoms with E-state index >= 15 is 0 Å². The van der Waals surface area contributed by atoms with Crippen molar-refractivity contribution < 1.29 is 9.59 Å². The molecule has 2 atom stereocenters. The number of pyridine rings is 1. The van der Waals surface area contributed by atoms with E-state index in [2.05, 4.69) is 59.1 Å². The molecule has 194 valence electrons. The number of piperidine rings is 1. The molecule has 3 N–H and O–H groups in total. The number of rotatable bonds is 5. The fourth-order valence-corrected chi connectivity index (χ4v) is 5.46. The molecule has 0 saturated carbocycles. The van der Waals surface area contributed by atoms with Crippen LogP contribution in [0.15, 0.2) is 30.5 Å². The zero-order valence-electron chi connectivity index (χ0n) is 22.1. The number of piperazine rings is 1. The summed E-state index contributed by atoms with van der Waals surface area (Å²) in [6.07, 6.45) is 4.07. The first-order valence-corrected chi connectivity index (χ1v) is 13.2. The van der Waals surface area contributed by atoms with Crippen LogP contribution >= 0.6 is 0 Å². The van der Waals surface area contributed by atoms with Gasteiger partial charge >= 0.3 is 11.8 Å². The number of aryl methyl sites for hydroxylation is 2. The lowest BCUT2D eigenvalue weighted by Gasteiger charge is -2.39. The summed E-state index contributed by atoms with van der Waals surface area (Å²) in [6, 6.07) is 8.22. The highest BCUT2D eigenvalue weighted by Crippen LogP contribution is 2.35. The number of nitrogen functional groups attached to an aromatic ring is 1. The van der Waals surface area contributed by atoms with Crippen LogP contribution in [0.3, 0.4) is 0 Å². The van der Waals surface area contributed by atoms with Crippen LogP contribution in [0, 0.1) is 12.8 Å². The Labute approximate surface area is 214 Å². The Bertz CT molecular complexity index is 1100. The molecule has 0 spiro atoms. The second-order valence-corrected chi connectivity index (χ2v) is 10.2. The Morgan fingerprint density at radius 2 is 1.86 bits per heavy atom.